The molecule has 19 heteroatoms. The van der Waals surface area contributed by atoms with Gasteiger partial charge in [-0.15, -0.1) is 0 Å². The van der Waals surface area contributed by atoms with Gasteiger partial charge in [0.25, 0.3) is 11.8 Å². The van der Waals surface area contributed by atoms with Crippen molar-refractivity contribution in [1.82, 2.24) is 21.3 Å². The number of amides is 4. The molecule has 0 bridgehead atoms. The van der Waals surface area contributed by atoms with Gasteiger partial charge in [0.05, 0.1) is 45.9 Å². The minimum Gasteiger partial charge on any atom is -0.494 e. The molecule has 0 saturated heterocycles. The van der Waals surface area contributed by atoms with Gasteiger partial charge in [-0.1, -0.05) is 11.5 Å². The number of carbonyl (C=O) groups excluding carboxylic acids is 5. The van der Waals surface area contributed by atoms with Crippen LogP contribution in [0.5, 0.6) is 5.75 Å². The normalized spacial score (nSPS) is 10.4. The Morgan fingerprint density at radius 3 is 1.62 bits per heavy atom. The van der Waals surface area contributed by atoms with E-state index in [1.807, 2.05) is 0 Å². The lowest BCUT2D eigenvalue weighted by Gasteiger charge is -2.12. The Morgan fingerprint density at radius 1 is 0.596 bits per heavy atom. The van der Waals surface area contributed by atoms with Crippen molar-refractivity contribution in [2.24, 2.45) is 5.11 Å². The third-order valence-electron chi connectivity index (χ3n) is 6.91. The van der Waals surface area contributed by atoms with Crippen LogP contribution in [0, 0.1) is 0 Å². The summed E-state index contributed by atoms with van der Waals surface area (Å²) in [4.78, 5) is 86.1. The Bertz CT molecular complexity index is 1290. The molecule has 0 aliphatic carbocycles. The van der Waals surface area contributed by atoms with Gasteiger partial charge < -0.3 is 45.7 Å². The second-order valence-corrected chi connectivity index (χ2v) is 11.2. The summed E-state index contributed by atoms with van der Waals surface area (Å²) in [6.07, 6.45) is 2.83. The standard InChI is InChI=1S/C33H49N7O12/c34-40-39-11-3-1-2-5-26(41)6-4-16-52-27-22-24(32(48)37-12-7-28(42)35-14-19-50-17-9-30(44)45)21-25(23-27)33(49)38-13-8-29(43)36-15-20-51-18-10-31(46)47/h21-23H,1-20H2,(H,35,42)(H,36,43)(H,37,48)(H,38,49)(H,44,45)(H,46,47). The molecule has 19 nitrogen and oxygen atoms in total. The van der Waals surface area contributed by atoms with Crippen LogP contribution >= 0.6 is 0 Å². The van der Waals surface area contributed by atoms with E-state index in [1.165, 1.54) is 18.2 Å². The number of carboxylic acids is 2. The lowest BCUT2D eigenvalue weighted by molar-refractivity contribution is -0.139. The fraction of sp³-hybridized carbons (Fsp3) is 0.606. The SMILES string of the molecule is [N-]=[N+]=NCCCCCC(=O)CCCOc1cc(C(=O)NCCC(=O)NCCOCCC(=O)O)cc(C(=O)NCCC(=O)NCCOCCC(=O)O)c1. The van der Waals surface area contributed by atoms with Crippen molar-refractivity contribution in [3.8, 4) is 5.75 Å². The zero-order chi connectivity index (χ0) is 38.4. The molecule has 1 aromatic rings. The number of ether oxygens (including phenoxy) is 3. The average Bonchev–Trinajstić information content (AvgIpc) is 3.10. The second-order valence-electron chi connectivity index (χ2n) is 11.2. The van der Waals surface area contributed by atoms with E-state index in [0.717, 1.165) is 6.42 Å². The zero-order valence-corrected chi connectivity index (χ0v) is 29.2. The monoisotopic (exact) mass is 735 g/mol. The van der Waals surface area contributed by atoms with E-state index in [2.05, 4.69) is 31.3 Å². The highest BCUT2D eigenvalue weighted by molar-refractivity contribution is 6.00. The summed E-state index contributed by atoms with van der Waals surface area (Å²) in [5.41, 5.74) is 8.46. The number of rotatable bonds is 31. The van der Waals surface area contributed by atoms with Crippen molar-refractivity contribution >= 4 is 41.4 Å². The molecule has 0 spiro atoms. The first-order valence-electron chi connectivity index (χ1n) is 17.0. The van der Waals surface area contributed by atoms with Crippen LogP contribution in [0.3, 0.4) is 0 Å². The summed E-state index contributed by atoms with van der Waals surface area (Å²) in [6, 6.07) is 4.20. The van der Waals surface area contributed by atoms with Crippen LogP contribution in [0.15, 0.2) is 23.3 Å². The van der Waals surface area contributed by atoms with Crippen molar-refractivity contribution in [3.05, 3.63) is 39.8 Å². The number of hydrogen-bond donors (Lipinski definition) is 6. The Labute approximate surface area is 301 Å². The molecule has 0 saturated carbocycles. The molecule has 1 rings (SSSR count). The summed E-state index contributed by atoms with van der Waals surface area (Å²) in [5, 5.41) is 31.1. The largest absolute Gasteiger partial charge is 0.494 e. The number of benzene rings is 1. The molecular formula is C33H49N7O12. The molecule has 0 radical (unpaired) electrons. The van der Waals surface area contributed by atoms with Crippen LogP contribution in [0.1, 0.15) is 84.9 Å². The lowest BCUT2D eigenvalue weighted by Crippen LogP contribution is -2.33. The van der Waals surface area contributed by atoms with Crippen LogP contribution in [0.4, 0.5) is 0 Å². The Morgan fingerprint density at radius 2 is 1.12 bits per heavy atom. The number of ketones is 1. The molecule has 52 heavy (non-hydrogen) atoms. The number of nitrogens with one attached hydrogen (secondary N) is 4. The van der Waals surface area contributed by atoms with E-state index in [0.29, 0.717) is 32.2 Å². The highest BCUT2D eigenvalue weighted by atomic mass is 16.5. The molecule has 0 heterocycles. The molecule has 4 amide bonds. The van der Waals surface area contributed by atoms with Crippen LogP contribution < -0.4 is 26.0 Å². The molecule has 0 fully saturated rings. The third-order valence-corrected chi connectivity index (χ3v) is 6.91. The highest BCUT2D eigenvalue weighted by Crippen LogP contribution is 2.19. The van der Waals surface area contributed by atoms with Gasteiger partial charge in [-0.05, 0) is 43.0 Å². The molecule has 0 atom stereocenters. The smallest absolute Gasteiger partial charge is 0.305 e. The van der Waals surface area contributed by atoms with E-state index < -0.39 is 23.8 Å². The van der Waals surface area contributed by atoms with Crippen molar-refractivity contribution in [2.75, 3.05) is 65.8 Å². The van der Waals surface area contributed by atoms with Crippen molar-refractivity contribution in [2.45, 2.75) is 64.2 Å². The Balaban J connectivity index is 2.69. The fourth-order valence-electron chi connectivity index (χ4n) is 4.26. The van der Waals surface area contributed by atoms with Gasteiger partial charge in [0.2, 0.25) is 11.8 Å². The summed E-state index contributed by atoms with van der Waals surface area (Å²) < 4.78 is 16.0. The molecule has 6 N–H and O–H groups in total. The minimum atomic E-state index is -0.989. The quantitative estimate of drug-likeness (QED) is 0.0275. The predicted molar refractivity (Wildman–Crippen MR) is 185 cm³/mol. The highest BCUT2D eigenvalue weighted by Gasteiger charge is 2.15. The van der Waals surface area contributed by atoms with Gasteiger partial charge in [-0.25, -0.2) is 0 Å². The number of aliphatic carboxylic acids is 2. The zero-order valence-electron chi connectivity index (χ0n) is 29.2. The second kappa shape index (κ2) is 28.4. The number of unbranched alkanes of at least 4 members (excludes halogenated alkanes) is 2. The van der Waals surface area contributed by atoms with Gasteiger partial charge >= 0.3 is 11.9 Å². The molecule has 288 valence electrons. The van der Waals surface area contributed by atoms with Crippen molar-refractivity contribution in [3.63, 3.8) is 0 Å². The number of azide groups is 1. The number of nitrogens with zero attached hydrogens (tertiary/aromatic N) is 3. The lowest BCUT2D eigenvalue weighted by atomic mass is 10.1. The van der Waals surface area contributed by atoms with Gasteiger partial charge in [-0.2, -0.15) is 0 Å². The van der Waals surface area contributed by atoms with Gasteiger partial charge in [0.1, 0.15) is 11.5 Å². The van der Waals surface area contributed by atoms with E-state index in [9.17, 15) is 33.6 Å². The maximum atomic E-state index is 13.0. The minimum absolute atomic E-state index is 0.0222. The maximum absolute atomic E-state index is 13.0. The molecule has 0 aliphatic heterocycles. The molecule has 0 aliphatic rings. The molecule has 1 aromatic carbocycles. The van der Waals surface area contributed by atoms with Crippen molar-refractivity contribution in [1.29, 1.82) is 0 Å². The number of hydrogen-bond acceptors (Lipinski definition) is 11. The molecular weight excluding hydrogens is 686 g/mol. The predicted octanol–water partition coefficient (Wildman–Crippen LogP) is 1.74. The first-order valence-corrected chi connectivity index (χ1v) is 17.0. The average molecular weight is 736 g/mol. The summed E-state index contributed by atoms with van der Waals surface area (Å²) in [5.74, 6) is -3.61. The van der Waals surface area contributed by atoms with Gasteiger partial charge in [0, 0.05) is 74.4 Å². The summed E-state index contributed by atoms with van der Waals surface area (Å²) >= 11 is 0. The fourth-order valence-corrected chi connectivity index (χ4v) is 4.26. The summed E-state index contributed by atoms with van der Waals surface area (Å²) in [7, 11) is 0. The van der Waals surface area contributed by atoms with Crippen LogP contribution in [0.25, 0.3) is 10.4 Å². The van der Waals surface area contributed by atoms with Gasteiger partial charge in [-0.3, -0.25) is 33.6 Å². The Kier molecular flexibility index (Phi) is 24.5. The first kappa shape index (κ1) is 44.8. The van der Waals surface area contributed by atoms with Crippen LogP contribution in [0.2, 0.25) is 0 Å². The third kappa shape index (κ3) is 24.0. The van der Waals surface area contributed by atoms with Gasteiger partial charge in [0.15, 0.2) is 0 Å². The Hall–Kier alpha value is -5.26. The summed E-state index contributed by atoms with van der Waals surface area (Å²) in [6.45, 7) is 1.12. The number of Topliss-reactive ketones (excluding diaryl/α,β-unsaturated/α-hetero) is 1. The van der Waals surface area contributed by atoms with E-state index in [-0.39, 0.29) is 126 Å². The van der Waals surface area contributed by atoms with E-state index in [4.69, 9.17) is 30.0 Å². The maximum Gasteiger partial charge on any atom is 0.305 e. The van der Waals surface area contributed by atoms with Crippen LogP contribution in [-0.4, -0.2) is 117 Å². The number of carbonyl (C=O) groups is 7. The molecule has 0 unspecified atom stereocenters. The first-order chi connectivity index (χ1) is 25.0. The topological polar surface area (TPSA) is 285 Å². The number of carboxylic acid groups (broad SMARTS) is 2. The van der Waals surface area contributed by atoms with Crippen molar-refractivity contribution < 1.29 is 58.0 Å². The van der Waals surface area contributed by atoms with E-state index >= 15 is 0 Å². The molecule has 0 aromatic heterocycles. The van der Waals surface area contributed by atoms with Crippen LogP contribution in [-0.2, 0) is 33.4 Å². The van der Waals surface area contributed by atoms with E-state index in [1.54, 1.807) is 0 Å².